The van der Waals surface area contributed by atoms with Gasteiger partial charge in [0.05, 0.1) is 17.8 Å². The number of ether oxygens (including phenoxy) is 1. The summed E-state index contributed by atoms with van der Waals surface area (Å²) in [5.41, 5.74) is 3.00. The van der Waals surface area contributed by atoms with Crippen molar-refractivity contribution >= 4 is 11.3 Å². The molecule has 0 aromatic carbocycles. The van der Waals surface area contributed by atoms with E-state index >= 15 is 0 Å². The Kier molecular flexibility index (Phi) is 1.38. The van der Waals surface area contributed by atoms with Gasteiger partial charge in [0.15, 0.2) is 5.06 Å². The molecule has 54 valence electrons. The van der Waals surface area contributed by atoms with Crippen molar-refractivity contribution in [2.45, 2.75) is 19.3 Å². The Morgan fingerprint density at radius 1 is 1.80 bits per heavy atom. The van der Waals surface area contributed by atoms with Crippen LogP contribution in [0.2, 0.25) is 0 Å². The van der Waals surface area contributed by atoms with Crippen LogP contribution in [-0.2, 0) is 0 Å². The van der Waals surface area contributed by atoms with E-state index < -0.39 is 0 Å². The Balaban J connectivity index is 2.41. The first-order valence-electron chi connectivity index (χ1n) is 3.44. The third-order valence-corrected chi connectivity index (χ3v) is 2.56. The summed E-state index contributed by atoms with van der Waals surface area (Å²) < 4.78 is 5.39. The Labute approximate surface area is 63.9 Å². The summed E-state index contributed by atoms with van der Waals surface area (Å²) in [6.45, 7) is 3.05. The Hall–Kier alpha value is -0.570. The quantitative estimate of drug-likeness (QED) is 0.572. The summed E-state index contributed by atoms with van der Waals surface area (Å²) in [7, 11) is 0. The molecule has 2 nitrogen and oxygen atoms in total. The standard InChI is InChI=1S/C7H9NOS/c1-5-2-3-9-7-6(5)8-4-10-7/h4-5H,2-3H2,1H3/t5-/m0/s1. The van der Waals surface area contributed by atoms with E-state index in [0.717, 1.165) is 23.8 Å². The van der Waals surface area contributed by atoms with Crippen molar-refractivity contribution in [2.24, 2.45) is 0 Å². The minimum atomic E-state index is 0.593. The highest BCUT2D eigenvalue weighted by Crippen LogP contribution is 2.34. The van der Waals surface area contributed by atoms with Crippen molar-refractivity contribution in [3.63, 3.8) is 0 Å². The van der Waals surface area contributed by atoms with Crippen LogP contribution in [0.5, 0.6) is 5.06 Å². The fourth-order valence-electron chi connectivity index (χ4n) is 1.15. The van der Waals surface area contributed by atoms with Gasteiger partial charge in [-0.15, -0.1) is 0 Å². The number of thiazole rings is 1. The van der Waals surface area contributed by atoms with Gasteiger partial charge in [0.25, 0.3) is 0 Å². The normalized spacial score (nSPS) is 23.5. The second-order valence-electron chi connectivity index (χ2n) is 2.56. The largest absolute Gasteiger partial charge is 0.482 e. The number of aromatic nitrogens is 1. The van der Waals surface area contributed by atoms with Gasteiger partial charge in [-0.3, -0.25) is 0 Å². The van der Waals surface area contributed by atoms with E-state index in [4.69, 9.17) is 4.74 Å². The van der Waals surface area contributed by atoms with Crippen molar-refractivity contribution in [2.75, 3.05) is 6.61 Å². The molecule has 0 aliphatic carbocycles. The molecule has 1 aromatic rings. The maximum absolute atomic E-state index is 5.39. The lowest BCUT2D eigenvalue weighted by atomic mass is 10.0. The average molecular weight is 155 g/mol. The van der Waals surface area contributed by atoms with E-state index in [-0.39, 0.29) is 0 Å². The lowest BCUT2D eigenvalue weighted by Gasteiger charge is -2.17. The number of fused-ring (bicyclic) bond motifs is 1. The zero-order chi connectivity index (χ0) is 6.97. The highest BCUT2D eigenvalue weighted by atomic mass is 32.1. The van der Waals surface area contributed by atoms with Gasteiger partial charge in [-0.2, -0.15) is 0 Å². The number of nitrogens with zero attached hydrogens (tertiary/aromatic N) is 1. The molecule has 10 heavy (non-hydrogen) atoms. The van der Waals surface area contributed by atoms with Gasteiger partial charge in [0.2, 0.25) is 0 Å². The summed E-state index contributed by atoms with van der Waals surface area (Å²) in [5, 5.41) is 1.03. The van der Waals surface area contributed by atoms with Gasteiger partial charge in [0.1, 0.15) is 0 Å². The minimum absolute atomic E-state index is 0.593. The monoisotopic (exact) mass is 155 g/mol. The molecule has 1 atom stereocenters. The summed E-state index contributed by atoms with van der Waals surface area (Å²) in [4.78, 5) is 4.23. The zero-order valence-corrected chi connectivity index (χ0v) is 6.65. The first kappa shape index (κ1) is 6.16. The van der Waals surface area contributed by atoms with Gasteiger partial charge in [-0.1, -0.05) is 18.3 Å². The topological polar surface area (TPSA) is 22.1 Å². The second-order valence-corrected chi connectivity index (χ2v) is 3.38. The molecule has 0 radical (unpaired) electrons. The van der Waals surface area contributed by atoms with Crippen LogP contribution in [0.15, 0.2) is 5.51 Å². The van der Waals surface area contributed by atoms with Gasteiger partial charge < -0.3 is 4.74 Å². The minimum Gasteiger partial charge on any atom is -0.482 e. The van der Waals surface area contributed by atoms with E-state index in [1.54, 1.807) is 11.3 Å². The van der Waals surface area contributed by atoms with Crippen molar-refractivity contribution in [1.82, 2.24) is 4.98 Å². The van der Waals surface area contributed by atoms with Gasteiger partial charge in [-0.25, -0.2) is 4.98 Å². The van der Waals surface area contributed by atoms with Crippen molar-refractivity contribution in [3.8, 4) is 5.06 Å². The van der Waals surface area contributed by atoms with Crippen LogP contribution in [0.4, 0.5) is 0 Å². The van der Waals surface area contributed by atoms with Crippen LogP contribution in [0.3, 0.4) is 0 Å². The SMILES string of the molecule is C[C@H]1CCOc2scnc21. The van der Waals surface area contributed by atoms with Crippen LogP contribution in [0, 0.1) is 0 Å². The Morgan fingerprint density at radius 2 is 2.70 bits per heavy atom. The van der Waals surface area contributed by atoms with Crippen LogP contribution < -0.4 is 4.74 Å². The van der Waals surface area contributed by atoms with E-state index in [2.05, 4.69) is 11.9 Å². The van der Waals surface area contributed by atoms with E-state index in [9.17, 15) is 0 Å². The molecule has 0 N–H and O–H groups in total. The molecule has 0 fully saturated rings. The number of hydrogen-bond donors (Lipinski definition) is 0. The molecule has 0 saturated heterocycles. The van der Waals surface area contributed by atoms with E-state index in [0.29, 0.717) is 5.92 Å². The molecule has 3 heteroatoms. The van der Waals surface area contributed by atoms with E-state index in [1.165, 1.54) is 0 Å². The maximum atomic E-state index is 5.39. The average Bonchev–Trinajstić information content (AvgIpc) is 2.36. The zero-order valence-electron chi connectivity index (χ0n) is 5.83. The smallest absolute Gasteiger partial charge is 0.197 e. The van der Waals surface area contributed by atoms with Crippen LogP contribution in [0.25, 0.3) is 0 Å². The van der Waals surface area contributed by atoms with Gasteiger partial charge in [0, 0.05) is 5.92 Å². The molecule has 0 bridgehead atoms. The Morgan fingerprint density at radius 3 is 3.50 bits per heavy atom. The molecule has 0 amide bonds. The van der Waals surface area contributed by atoms with Crippen LogP contribution in [-0.4, -0.2) is 11.6 Å². The molecule has 1 aliphatic heterocycles. The van der Waals surface area contributed by atoms with Crippen molar-refractivity contribution in [3.05, 3.63) is 11.2 Å². The predicted octanol–water partition coefficient (Wildman–Crippen LogP) is 2.03. The number of rotatable bonds is 0. The Bertz CT molecular complexity index is 233. The summed E-state index contributed by atoms with van der Waals surface area (Å²) >= 11 is 1.60. The highest BCUT2D eigenvalue weighted by Gasteiger charge is 2.19. The second kappa shape index (κ2) is 2.23. The molecule has 0 unspecified atom stereocenters. The molecule has 0 spiro atoms. The van der Waals surface area contributed by atoms with Crippen LogP contribution in [0.1, 0.15) is 25.0 Å². The first-order chi connectivity index (χ1) is 4.88. The highest BCUT2D eigenvalue weighted by molar-refractivity contribution is 7.11. The van der Waals surface area contributed by atoms with Gasteiger partial charge >= 0.3 is 0 Å². The molecular weight excluding hydrogens is 146 g/mol. The van der Waals surface area contributed by atoms with Crippen molar-refractivity contribution < 1.29 is 4.74 Å². The predicted molar refractivity (Wildman–Crippen MR) is 40.6 cm³/mol. The van der Waals surface area contributed by atoms with Crippen LogP contribution >= 0.6 is 11.3 Å². The molecule has 2 rings (SSSR count). The molecule has 1 aliphatic rings. The molecule has 1 aromatic heterocycles. The van der Waals surface area contributed by atoms with Gasteiger partial charge in [-0.05, 0) is 6.42 Å². The third kappa shape index (κ3) is 0.814. The lowest BCUT2D eigenvalue weighted by molar-refractivity contribution is 0.278. The van der Waals surface area contributed by atoms with Crippen molar-refractivity contribution in [1.29, 1.82) is 0 Å². The lowest BCUT2D eigenvalue weighted by Crippen LogP contribution is -2.10. The summed E-state index contributed by atoms with van der Waals surface area (Å²) in [5.74, 6) is 0.593. The fraction of sp³-hybridized carbons (Fsp3) is 0.571. The molecular formula is C7H9NOS. The number of hydrogen-bond acceptors (Lipinski definition) is 3. The molecule has 0 saturated carbocycles. The fourth-order valence-corrected chi connectivity index (χ4v) is 1.93. The first-order valence-corrected chi connectivity index (χ1v) is 4.32. The molecule has 2 heterocycles. The summed E-state index contributed by atoms with van der Waals surface area (Å²) in [6, 6.07) is 0. The summed E-state index contributed by atoms with van der Waals surface area (Å²) in [6.07, 6.45) is 1.11. The van der Waals surface area contributed by atoms with E-state index in [1.807, 2.05) is 5.51 Å². The third-order valence-electron chi connectivity index (χ3n) is 1.81. The maximum Gasteiger partial charge on any atom is 0.197 e.